The topological polar surface area (TPSA) is 44.5 Å². The van der Waals surface area contributed by atoms with E-state index in [1.54, 1.807) is 14.2 Å². The van der Waals surface area contributed by atoms with Crippen molar-refractivity contribution in [2.45, 2.75) is 37.1 Å². The summed E-state index contributed by atoms with van der Waals surface area (Å²) in [4.78, 5) is 0.804. The van der Waals surface area contributed by atoms with Crippen LogP contribution in [0.15, 0.2) is 17.0 Å². The van der Waals surface area contributed by atoms with Crippen LogP contribution in [0.5, 0.6) is 11.5 Å². The number of thioether (sulfide) groups is 1. The monoisotopic (exact) mass is 305 g/mol. The maximum Gasteiger partial charge on any atom is 0.239 e. The number of halogens is 2. The molecule has 1 aromatic carbocycles. The Hall–Kier alpha value is -1.01. The van der Waals surface area contributed by atoms with Gasteiger partial charge in [0.05, 0.1) is 19.1 Å². The molecule has 0 aliphatic rings. The smallest absolute Gasteiger partial charge is 0.239 e. The zero-order chi connectivity index (χ0) is 15.1. The van der Waals surface area contributed by atoms with Crippen molar-refractivity contribution >= 4 is 11.8 Å². The summed E-state index contributed by atoms with van der Waals surface area (Å²) in [5.74, 6) is 1.72. The first-order valence-corrected chi connectivity index (χ1v) is 7.38. The van der Waals surface area contributed by atoms with Gasteiger partial charge in [-0.3, -0.25) is 0 Å². The maximum atomic E-state index is 12.2. The molecule has 2 N–H and O–H groups in total. The summed E-state index contributed by atoms with van der Waals surface area (Å²) < 4.78 is 35.0. The molecule has 1 aromatic rings. The summed E-state index contributed by atoms with van der Waals surface area (Å²) in [6, 6.07) is 3.70. The first kappa shape index (κ1) is 17.0. The molecule has 0 radical (unpaired) electrons. The van der Waals surface area contributed by atoms with Crippen LogP contribution in [0.1, 0.15) is 18.9 Å². The van der Waals surface area contributed by atoms with Gasteiger partial charge in [0, 0.05) is 18.2 Å². The van der Waals surface area contributed by atoms with E-state index in [9.17, 15) is 8.78 Å². The molecule has 114 valence electrons. The highest BCUT2D eigenvalue weighted by Gasteiger charge is 2.13. The molecule has 20 heavy (non-hydrogen) atoms. The van der Waals surface area contributed by atoms with E-state index < -0.39 is 6.43 Å². The second-order valence-electron chi connectivity index (χ2n) is 4.52. The first-order chi connectivity index (χ1) is 9.47. The summed E-state index contributed by atoms with van der Waals surface area (Å²) in [5.41, 5.74) is 6.76. The van der Waals surface area contributed by atoms with Gasteiger partial charge >= 0.3 is 0 Å². The predicted molar refractivity (Wildman–Crippen MR) is 78.2 cm³/mol. The van der Waals surface area contributed by atoms with Gasteiger partial charge in [0.15, 0.2) is 0 Å². The lowest BCUT2D eigenvalue weighted by molar-refractivity contribution is 0.145. The molecule has 3 nitrogen and oxygen atoms in total. The van der Waals surface area contributed by atoms with E-state index in [-0.39, 0.29) is 12.5 Å². The van der Waals surface area contributed by atoms with E-state index in [2.05, 4.69) is 0 Å². The fourth-order valence-electron chi connectivity index (χ4n) is 1.81. The van der Waals surface area contributed by atoms with E-state index in [0.717, 1.165) is 10.5 Å². The van der Waals surface area contributed by atoms with Crippen molar-refractivity contribution in [3.8, 4) is 11.5 Å². The minimum absolute atomic E-state index is 0.00550. The quantitative estimate of drug-likeness (QED) is 0.748. The molecule has 0 bridgehead atoms. The van der Waals surface area contributed by atoms with Gasteiger partial charge in [-0.2, -0.15) is 0 Å². The molecular weight excluding hydrogens is 284 g/mol. The zero-order valence-electron chi connectivity index (χ0n) is 12.0. The van der Waals surface area contributed by atoms with Crippen molar-refractivity contribution in [3.05, 3.63) is 17.7 Å². The van der Waals surface area contributed by atoms with Crippen molar-refractivity contribution in [3.63, 3.8) is 0 Å². The number of benzene rings is 1. The molecule has 0 amide bonds. The molecule has 0 saturated heterocycles. The Morgan fingerprint density at radius 1 is 1.20 bits per heavy atom. The van der Waals surface area contributed by atoms with E-state index in [4.69, 9.17) is 15.2 Å². The van der Waals surface area contributed by atoms with Crippen LogP contribution in [0, 0.1) is 0 Å². The lowest BCUT2D eigenvalue weighted by atomic mass is 10.1. The van der Waals surface area contributed by atoms with Gasteiger partial charge in [-0.15, -0.1) is 11.8 Å². The van der Waals surface area contributed by atoms with Crippen LogP contribution in [0.4, 0.5) is 8.78 Å². The van der Waals surface area contributed by atoms with Crippen molar-refractivity contribution in [2.75, 3.05) is 20.0 Å². The van der Waals surface area contributed by atoms with Crippen LogP contribution >= 0.6 is 11.8 Å². The van der Waals surface area contributed by atoms with Crippen LogP contribution in [0.3, 0.4) is 0 Å². The number of nitrogens with two attached hydrogens (primary N) is 1. The number of ether oxygens (including phenoxy) is 2. The fourth-order valence-corrected chi connectivity index (χ4v) is 2.80. The van der Waals surface area contributed by atoms with E-state index >= 15 is 0 Å². The molecule has 1 atom stereocenters. The minimum atomic E-state index is -2.28. The largest absolute Gasteiger partial charge is 0.496 e. The Kier molecular flexibility index (Phi) is 7.09. The number of methoxy groups -OCH3 is 2. The zero-order valence-corrected chi connectivity index (χ0v) is 12.8. The van der Waals surface area contributed by atoms with E-state index in [1.807, 2.05) is 19.1 Å². The third-order valence-electron chi connectivity index (χ3n) is 2.70. The van der Waals surface area contributed by atoms with Gasteiger partial charge < -0.3 is 15.2 Å². The number of hydrogen-bond donors (Lipinski definition) is 1. The molecule has 6 heteroatoms. The number of hydrogen-bond acceptors (Lipinski definition) is 4. The minimum Gasteiger partial charge on any atom is -0.496 e. The van der Waals surface area contributed by atoms with Gasteiger partial charge in [-0.05, 0) is 31.0 Å². The molecular formula is C14H21F2NO2S. The Bertz CT molecular complexity index is 428. The second-order valence-corrected chi connectivity index (χ2v) is 5.66. The van der Waals surface area contributed by atoms with Crippen LogP contribution in [0.25, 0.3) is 0 Å². The molecule has 0 aromatic heterocycles. The molecule has 1 rings (SSSR count). The maximum absolute atomic E-state index is 12.2. The molecule has 0 aliphatic carbocycles. The Morgan fingerprint density at radius 3 is 2.35 bits per heavy atom. The highest BCUT2D eigenvalue weighted by atomic mass is 32.2. The van der Waals surface area contributed by atoms with Gasteiger partial charge in [-0.25, -0.2) is 8.78 Å². The number of alkyl halides is 2. The third-order valence-corrected chi connectivity index (χ3v) is 3.77. The standard InChI is InChI=1S/C14H21F2NO2S/c1-9(17)6-10-7-12(19-3)13(8-11(10)18-2)20-5-4-14(15)16/h7-9,14H,4-6,17H2,1-3H3. The average Bonchev–Trinajstić information content (AvgIpc) is 2.38. The summed E-state index contributed by atoms with van der Waals surface area (Å²) in [7, 11) is 3.15. The molecule has 0 saturated carbocycles. The average molecular weight is 305 g/mol. The van der Waals surface area contributed by atoms with Crippen molar-refractivity contribution in [1.29, 1.82) is 0 Å². The molecule has 1 unspecified atom stereocenters. The Morgan fingerprint density at radius 2 is 1.85 bits per heavy atom. The Labute approximate surface area is 122 Å². The summed E-state index contributed by atoms with van der Waals surface area (Å²) >= 11 is 1.34. The van der Waals surface area contributed by atoms with Crippen molar-refractivity contribution in [1.82, 2.24) is 0 Å². The van der Waals surface area contributed by atoms with Crippen LogP contribution in [-0.2, 0) is 6.42 Å². The molecule has 0 spiro atoms. The van der Waals surface area contributed by atoms with Crippen molar-refractivity contribution < 1.29 is 18.3 Å². The SMILES string of the molecule is COc1cc(SCCC(F)F)c(OC)cc1CC(C)N. The van der Waals surface area contributed by atoms with E-state index in [1.165, 1.54) is 11.8 Å². The number of rotatable bonds is 8. The van der Waals surface area contributed by atoms with Crippen LogP contribution < -0.4 is 15.2 Å². The molecule has 0 heterocycles. The second kappa shape index (κ2) is 8.32. The summed E-state index contributed by atoms with van der Waals surface area (Å²) in [5, 5.41) is 0. The summed E-state index contributed by atoms with van der Waals surface area (Å²) in [6.45, 7) is 1.91. The van der Waals surface area contributed by atoms with E-state index in [0.29, 0.717) is 23.7 Å². The molecule has 0 aliphatic heterocycles. The normalized spacial score (nSPS) is 12.6. The third kappa shape index (κ3) is 5.17. The van der Waals surface area contributed by atoms with Gasteiger partial charge in [-0.1, -0.05) is 0 Å². The first-order valence-electron chi connectivity index (χ1n) is 6.39. The lowest BCUT2D eigenvalue weighted by Crippen LogP contribution is -2.18. The van der Waals surface area contributed by atoms with Gasteiger partial charge in [0.25, 0.3) is 0 Å². The predicted octanol–water partition coefficient (Wildman–Crippen LogP) is 3.34. The highest BCUT2D eigenvalue weighted by molar-refractivity contribution is 7.99. The Balaban J connectivity index is 2.93. The highest BCUT2D eigenvalue weighted by Crippen LogP contribution is 2.36. The lowest BCUT2D eigenvalue weighted by Gasteiger charge is -2.15. The van der Waals surface area contributed by atoms with Gasteiger partial charge in [0.1, 0.15) is 11.5 Å². The van der Waals surface area contributed by atoms with Crippen LogP contribution in [-0.4, -0.2) is 32.4 Å². The van der Waals surface area contributed by atoms with Crippen molar-refractivity contribution in [2.24, 2.45) is 5.73 Å². The van der Waals surface area contributed by atoms with Crippen LogP contribution in [0.2, 0.25) is 0 Å². The summed E-state index contributed by atoms with van der Waals surface area (Å²) in [6.07, 6.45) is -1.76. The molecule has 0 fully saturated rings. The van der Waals surface area contributed by atoms with Gasteiger partial charge in [0.2, 0.25) is 6.43 Å². The fraction of sp³-hybridized carbons (Fsp3) is 0.571.